The molecule has 0 amide bonds. The van der Waals surface area contributed by atoms with Crippen molar-refractivity contribution in [2.45, 2.75) is 31.6 Å². The summed E-state index contributed by atoms with van der Waals surface area (Å²) in [4.78, 5) is 0.951. The Labute approximate surface area is 132 Å². The van der Waals surface area contributed by atoms with Gasteiger partial charge in [0.25, 0.3) is 0 Å². The van der Waals surface area contributed by atoms with Crippen LogP contribution < -0.4 is 5.73 Å². The van der Waals surface area contributed by atoms with E-state index in [2.05, 4.69) is 13.8 Å². The molecular formula is C15H24N2O2S2. The van der Waals surface area contributed by atoms with Gasteiger partial charge in [-0.15, -0.1) is 11.8 Å². The van der Waals surface area contributed by atoms with E-state index in [0.29, 0.717) is 24.5 Å². The van der Waals surface area contributed by atoms with Crippen molar-refractivity contribution in [2.24, 2.45) is 5.41 Å². The number of nitrogens with two attached hydrogens (primary N) is 1. The average molecular weight is 329 g/mol. The van der Waals surface area contributed by atoms with E-state index in [1.165, 1.54) is 11.8 Å². The second-order valence-electron chi connectivity index (χ2n) is 6.27. The Morgan fingerprint density at radius 2 is 1.86 bits per heavy atom. The molecule has 1 fully saturated rings. The summed E-state index contributed by atoms with van der Waals surface area (Å²) in [7, 11) is -3.14. The summed E-state index contributed by atoms with van der Waals surface area (Å²) in [5, 5.41) is 0. The lowest BCUT2D eigenvalue weighted by Gasteiger charge is -2.36. The number of hydrogen-bond donors (Lipinski definition) is 1. The molecule has 2 N–H and O–H groups in total. The molecule has 0 atom stereocenters. The highest BCUT2D eigenvalue weighted by atomic mass is 32.2. The highest BCUT2D eigenvalue weighted by Crippen LogP contribution is 2.31. The van der Waals surface area contributed by atoms with Gasteiger partial charge in [0.1, 0.15) is 0 Å². The van der Waals surface area contributed by atoms with E-state index in [1.54, 1.807) is 4.31 Å². The molecule has 0 saturated carbocycles. The first-order chi connectivity index (χ1) is 9.80. The number of hydrogen-bond acceptors (Lipinski definition) is 4. The van der Waals surface area contributed by atoms with Gasteiger partial charge in [-0.2, -0.15) is 0 Å². The van der Waals surface area contributed by atoms with E-state index < -0.39 is 10.0 Å². The van der Waals surface area contributed by atoms with Gasteiger partial charge in [-0.1, -0.05) is 26.0 Å². The molecule has 0 aliphatic carbocycles. The zero-order chi connectivity index (χ0) is 15.5. The Morgan fingerprint density at radius 3 is 2.48 bits per heavy atom. The van der Waals surface area contributed by atoms with Crippen molar-refractivity contribution >= 4 is 27.5 Å². The SMILES string of the molecule is CC1(C)CCN(S(=O)(=O)CCSc2ccccc2N)CC1. The molecule has 118 valence electrons. The van der Waals surface area contributed by atoms with Crippen LogP contribution in [-0.4, -0.2) is 37.3 Å². The third kappa shape index (κ3) is 4.63. The number of nitrogens with zero attached hydrogens (tertiary/aromatic N) is 1. The average Bonchev–Trinajstić information content (AvgIpc) is 2.40. The van der Waals surface area contributed by atoms with Crippen LogP contribution in [0.3, 0.4) is 0 Å². The Bertz CT molecular complexity index is 575. The molecule has 21 heavy (non-hydrogen) atoms. The molecule has 0 bridgehead atoms. The van der Waals surface area contributed by atoms with Crippen LogP contribution in [0.4, 0.5) is 5.69 Å². The molecule has 2 rings (SSSR count). The molecule has 0 spiro atoms. The zero-order valence-corrected chi connectivity index (χ0v) is 14.3. The third-order valence-electron chi connectivity index (χ3n) is 3.99. The smallest absolute Gasteiger partial charge is 0.214 e. The van der Waals surface area contributed by atoms with Gasteiger partial charge in [0.2, 0.25) is 10.0 Å². The van der Waals surface area contributed by atoms with Crippen LogP contribution in [0.15, 0.2) is 29.2 Å². The predicted octanol–water partition coefficient (Wildman–Crippen LogP) is 2.81. The monoisotopic (exact) mass is 328 g/mol. The van der Waals surface area contributed by atoms with Crippen LogP contribution in [0.2, 0.25) is 0 Å². The summed E-state index contributed by atoms with van der Waals surface area (Å²) >= 11 is 1.51. The second-order valence-corrected chi connectivity index (χ2v) is 9.49. The van der Waals surface area contributed by atoms with Gasteiger partial charge >= 0.3 is 0 Å². The summed E-state index contributed by atoms with van der Waals surface area (Å²) in [6.07, 6.45) is 1.87. The summed E-state index contributed by atoms with van der Waals surface area (Å²) in [5.74, 6) is 0.711. The third-order valence-corrected chi connectivity index (χ3v) is 7.21. The van der Waals surface area contributed by atoms with E-state index in [9.17, 15) is 8.42 Å². The maximum Gasteiger partial charge on any atom is 0.214 e. The van der Waals surface area contributed by atoms with Crippen molar-refractivity contribution in [1.82, 2.24) is 4.31 Å². The number of rotatable bonds is 5. The summed E-state index contributed by atoms with van der Waals surface area (Å²) in [6, 6.07) is 7.56. The van der Waals surface area contributed by atoms with Crippen LogP contribution in [-0.2, 0) is 10.0 Å². The first-order valence-electron chi connectivity index (χ1n) is 7.25. The zero-order valence-electron chi connectivity index (χ0n) is 12.7. The first kappa shape index (κ1) is 16.6. The van der Waals surface area contributed by atoms with E-state index in [1.807, 2.05) is 24.3 Å². The van der Waals surface area contributed by atoms with Gasteiger partial charge in [-0.05, 0) is 30.4 Å². The Morgan fingerprint density at radius 1 is 1.24 bits per heavy atom. The van der Waals surface area contributed by atoms with Crippen molar-refractivity contribution in [3.63, 3.8) is 0 Å². The molecule has 1 aliphatic rings. The Kier molecular flexibility index (Phi) is 5.22. The lowest BCUT2D eigenvalue weighted by Crippen LogP contribution is -2.42. The molecule has 1 aromatic rings. The Hall–Kier alpha value is -0.720. The van der Waals surface area contributed by atoms with Gasteiger partial charge in [0.05, 0.1) is 5.75 Å². The number of sulfonamides is 1. The van der Waals surface area contributed by atoms with Crippen molar-refractivity contribution in [2.75, 3.05) is 30.3 Å². The highest BCUT2D eigenvalue weighted by molar-refractivity contribution is 8.00. The Balaban J connectivity index is 1.86. The van der Waals surface area contributed by atoms with E-state index in [-0.39, 0.29) is 11.2 Å². The van der Waals surface area contributed by atoms with Crippen molar-refractivity contribution < 1.29 is 8.42 Å². The van der Waals surface area contributed by atoms with Gasteiger partial charge in [0.15, 0.2) is 0 Å². The fraction of sp³-hybridized carbons (Fsp3) is 0.600. The minimum atomic E-state index is -3.14. The number of benzene rings is 1. The van der Waals surface area contributed by atoms with Crippen molar-refractivity contribution in [3.8, 4) is 0 Å². The van der Waals surface area contributed by atoms with Crippen molar-refractivity contribution in [3.05, 3.63) is 24.3 Å². The summed E-state index contributed by atoms with van der Waals surface area (Å²) in [6.45, 7) is 5.69. The number of nitrogen functional groups attached to an aromatic ring is 1. The van der Waals surface area contributed by atoms with Gasteiger partial charge in [-0.3, -0.25) is 0 Å². The van der Waals surface area contributed by atoms with Crippen molar-refractivity contribution in [1.29, 1.82) is 0 Å². The number of para-hydroxylation sites is 1. The van der Waals surface area contributed by atoms with Gasteiger partial charge < -0.3 is 5.73 Å². The maximum absolute atomic E-state index is 12.4. The maximum atomic E-state index is 12.4. The highest BCUT2D eigenvalue weighted by Gasteiger charge is 2.31. The lowest BCUT2D eigenvalue weighted by atomic mass is 9.83. The predicted molar refractivity (Wildman–Crippen MR) is 90.0 cm³/mol. The first-order valence-corrected chi connectivity index (χ1v) is 9.85. The van der Waals surface area contributed by atoms with Crippen LogP contribution in [0, 0.1) is 5.41 Å². The molecular weight excluding hydrogens is 304 g/mol. The molecule has 1 aliphatic heterocycles. The fourth-order valence-electron chi connectivity index (χ4n) is 2.37. The van der Waals surface area contributed by atoms with Crippen LogP contribution in [0.25, 0.3) is 0 Å². The second kappa shape index (κ2) is 6.58. The summed E-state index contributed by atoms with van der Waals surface area (Å²) in [5.41, 5.74) is 6.83. The van der Waals surface area contributed by atoms with Crippen LogP contribution in [0.5, 0.6) is 0 Å². The molecule has 0 aromatic heterocycles. The largest absolute Gasteiger partial charge is 0.398 e. The summed E-state index contributed by atoms with van der Waals surface area (Å²) < 4.78 is 26.4. The number of thioether (sulfide) groups is 1. The minimum absolute atomic E-state index is 0.173. The molecule has 1 heterocycles. The van der Waals surface area contributed by atoms with E-state index >= 15 is 0 Å². The molecule has 1 saturated heterocycles. The van der Waals surface area contributed by atoms with E-state index in [4.69, 9.17) is 5.73 Å². The van der Waals surface area contributed by atoms with Gasteiger partial charge in [0, 0.05) is 29.4 Å². The fourth-order valence-corrected chi connectivity index (χ4v) is 5.17. The van der Waals surface area contributed by atoms with Crippen LogP contribution in [0.1, 0.15) is 26.7 Å². The van der Waals surface area contributed by atoms with Crippen LogP contribution >= 0.6 is 11.8 Å². The standard InChI is InChI=1S/C15H24N2O2S2/c1-15(2)7-9-17(10-8-15)21(18,19)12-11-20-14-6-4-3-5-13(14)16/h3-6H,7-12,16H2,1-2H3. The topological polar surface area (TPSA) is 63.4 Å². The van der Waals surface area contributed by atoms with E-state index in [0.717, 1.165) is 17.7 Å². The minimum Gasteiger partial charge on any atom is -0.398 e. The normalized spacial score (nSPS) is 19.5. The molecule has 0 unspecified atom stereocenters. The number of anilines is 1. The quantitative estimate of drug-likeness (QED) is 0.667. The van der Waals surface area contributed by atoms with Gasteiger partial charge in [-0.25, -0.2) is 12.7 Å². The molecule has 0 radical (unpaired) electrons. The molecule has 4 nitrogen and oxygen atoms in total. The molecule has 1 aromatic carbocycles. The molecule has 6 heteroatoms. The lowest BCUT2D eigenvalue weighted by molar-refractivity contribution is 0.196. The number of piperidine rings is 1.